The van der Waals surface area contributed by atoms with E-state index in [1.807, 2.05) is 11.8 Å². The van der Waals surface area contributed by atoms with Crippen molar-refractivity contribution < 1.29 is 4.79 Å². The lowest BCUT2D eigenvalue weighted by atomic mass is 10.2. The van der Waals surface area contributed by atoms with Gasteiger partial charge in [-0.25, -0.2) is 0 Å². The van der Waals surface area contributed by atoms with Gasteiger partial charge >= 0.3 is 0 Å². The van der Waals surface area contributed by atoms with Crippen molar-refractivity contribution in [2.75, 3.05) is 31.9 Å². The van der Waals surface area contributed by atoms with Crippen LogP contribution in [0.3, 0.4) is 0 Å². The Morgan fingerprint density at radius 2 is 2.00 bits per heavy atom. The van der Waals surface area contributed by atoms with E-state index in [0.29, 0.717) is 11.7 Å². The first-order valence-electron chi connectivity index (χ1n) is 7.94. The van der Waals surface area contributed by atoms with Gasteiger partial charge in [-0.2, -0.15) is 11.3 Å². The summed E-state index contributed by atoms with van der Waals surface area (Å²) in [6.45, 7) is 4.84. The summed E-state index contributed by atoms with van der Waals surface area (Å²) < 4.78 is 0. The minimum Gasteiger partial charge on any atom is -0.339 e. The number of hydrogen-bond donors (Lipinski definition) is 0. The third kappa shape index (κ3) is 4.47. The maximum atomic E-state index is 12.3. The van der Waals surface area contributed by atoms with Crippen molar-refractivity contribution in [3.05, 3.63) is 22.4 Å². The summed E-state index contributed by atoms with van der Waals surface area (Å²) in [5.41, 5.74) is 1.40. The number of piperazine rings is 1. The fourth-order valence-electron chi connectivity index (χ4n) is 3.13. The van der Waals surface area contributed by atoms with E-state index in [0.717, 1.165) is 38.0 Å². The number of nitrogens with zero attached hydrogens (tertiary/aromatic N) is 2. The van der Waals surface area contributed by atoms with Crippen LogP contribution in [0.25, 0.3) is 0 Å². The van der Waals surface area contributed by atoms with Crippen LogP contribution in [0.15, 0.2) is 16.8 Å². The molecule has 0 radical (unpaired) electrons. The first-order valence-corrected chi connectivity index (χ1v) is 9.93. The van der Waals surface area contributed by atoms with Gasteiger partial charge in [0.2, 0.25) is 5.91 Å². The maximum Gasteiger partial charge on any atom is 0.232 e. The van der Waals surface area contributed by atoms with Gasteiger partial charge in [0.05, 0.1) is 5.75 Å². The molecule has 0 N–H and O–H groups in total. The predicted octanol–water partition coefficient (Wildman–Crippen LogP) is 3.07. The lowest BCUT2D eigenvalue weighted by Crippen LogP contribution is -2.48. The Kier molecular flexibility index (Phi) is 5.61. The molecule has 0 unspecified atom stereocenters. The van der Waals surface area contributed by atoms with E-state index in [-0.39, 0.29) is 0 Å². The second-order valence-corrected chi connectivity index (χ2v) is 8.07. The van der Waals surface area contributed by atoms with Crippen molar-refractivity contribution in [1.82, 2.24) is 9.80 Å². The fraction of sp³-hybridized carbons (Fsp3) is 0.688. The molecular weight excluding hydrogens is 300 g/mol. The van der Waals surface area contributed by atoms with Crippen LogP contribution in [-0.4, -0.2) is 52.9 Å². The summed E-state index contributed by atoms with van der Waals surface area (Å²) in [5.74, 6) is 1.04. The van der Waals surface area contributed by atoms with Crippen molar-refractivity contribution in [3.8, 4) is 0 Å². The van der Waals surface area contributed by atoms with E-state index in [1.165, 1.54) is 31.2 Å². The van der Waals surface area contributed by atoms with E-state index in [4.69, 9.17) is 0 Å². The SMILES string of the molecule is O=C(CSC1CCCC1)N1CCN(Cc2ccsc2)CC1. The first kappa shape index (κ1) is 15.4. The maximum absolute atomic E-state index is 12.3. The average molecular weight is 325 g/mol. The van der Waals surface area contributed by atoms with Crippen LogP contribution in [0.2, 0.25) is 0 Å². The van der Waals surface area contributed by atoms with Crippen molar-refractivity contribution in [1.29, 1.82) is 0 Å². The summed E-state index contributed by atoms with van der Waals surface area (Å²) in [6.07, 6.45) is 5.33. The Morgan fingerprint density at radius 3 is 2.67 bits per heavy atom. The average Bonchev–Trinajstić information content (AvgIpc) is 3.19. The fourth-order valence-corrected chi connectivity index (χ4v) is 5.02. The first-order chi connectivity index (χ1) is 10.3. The molecule has 0 aromatic carbocycles. The monoisotopic (exact) mass is 324 g/mol. The third-order valence-corrected chi connectivity index (χ3v) is 6.54. The number of carbonyl (C=O) groups is 1. The molecule has 1 aliphatic heterocycles. The molecule has 2 fully saturated rings. The highest BCUT2D eigenvalue weighted by Crippen LogP contribution is 2.29. The molecule has 1 aliphatic carbocycles. The van der Waals surface area contributed by atoms with Gasteiger partial charge in [-0.1, -0.05) is 12.8 Å². The molecule has 0 atom stereocenters. The van der Waals surface area contributed by atoms with Gasteiger partial charge in [-0.3, -0.25) is 9.69 Å². The second-order valence-electron chi connectivity index (χ2n) is 6.01. The van der Waals surface area contributed by atoms with Crippen molar-refractivity contribution in [3.63, 3.8) is 0 Å². The van der Waals surface area contributed by atoms with E-state index >= 15 is 0 Å². The minimum absolute atomic E-state index is 0.349. The van der Waals surface area contributed by atoms with Gasteiger partial charge in [0, 0.05) is 38.0 Å². The third-order valence-electron chi connectivity index (χ3n) is 4.46. The zero-order valence-electron chi connectivity index (χ0n) is 12.5. The minimum atomic E-state index is 0.349. The molecule has 3 rings (SSSR count). The number of thiophene rings is 1. The van der Waals surface area contributed by atoms with Gasteiger partial charge < -0.3 is 4.90 Å². The number of amides is 1. The van der Waals surface area contributed by atoms with Gasteiger partial charge in [-0.15, -0.1) is 11.8 Å². The Labute approximate surface area is 135 Å². The van der Waals surface area contributed by atoms with Gasteiger partial charge in [-0.05, 0) is 35.2 Å². The molecule has 1 aromatic rings. The molecule has 116 valence electrons. The smallest absolute Gasteiger partial charge is 0.232 e. The summed E-state index contributed by atoms with van der Waals surface area (Å²) in [5, 5.41) is 5.10. The van der Waals surface area contributed by atoms with Crippen LogP contribution < -0.4 is 0 Å². The molecule has 0 bridgehead atoms. The standard InChI is InChI=1S/C16H24N2OS2/c19-16(13-21-15-3-1-2-4-15)18-8-6-17(7-9-18)11-14-5-10-20-12-14/h5,10,12,15H,1-4,6-9,11,13H2. The zero-order valence-corrected chi connectivity index (χ0v) is 14.1. The highest BCUT2D eigenvalue weighted by Gasteiger charge is 2.23. The second kappa shape index (κ2) is 7.65. The molecule has 1 saturated carbocycles. The van der Waals surface area contributed by atoms with Crippen LogP contribution in [0.4, 0.5) is 0 Å². The topological polar surface area (TPSA) is 23.6 Å². The van der Waals surface area contributed by atoms with Gasteiger partial charge in [0.1, 0.15) is 0 Å². The van der Waals surface area contributed by atoms with Crippen molar-refractivity contribution in [2.24, 2.45) is 0 Å². The highest BCUT2D eigenvalue weighted by atomic mass is 32.2. The Bertz CT molecular complexity index is 435. The Morgan fingerprint density at radius 1 is 1.24 bits per heavy atom. The largest absolute Gasteiger partial charge is 0.339 e. The van der Waals surface area contributed by atoms with E-state index in [2.05, 4.69) is 26.6 Å². The Balaban J connectivity index is 1.37. The van der Waals surface area contributed by atoms with Crippen LogP contribution in [-0.2, 0) is 11.3 Å². The molecule has 1 aromatic heterocycles. The lowest BCUT2D eigenvalue weighted by Gasteiger charge is -2.34. The normalized spacial score (nSPS) is 21.0. The molecule has 1 amide bonds. The number of hydrogen-bond acceptors (Lipinski definition) is 4. The van der Waals surface area contributed by atoms with Crippen LogP contribution in [0.5, 0.6) is 0 Å². The molecule has 1 saturated heterocycles. The van der Waals surface area contributed by atoms with Crippen LogP contribution in [0.1, 0.15) is 31.2 Å². The zero-order chi connectivity index (χ0) is 14.5. The van der Waals surface area contributed by atoms with Gasteiger partial charge in [0.15, 0.2) is 0 Å². The number of thioether (sulfide) groups is 1. The quantitative estimate of drug-likeness (QED) is 0.832. The molecule has 2 heterocycles. The molecule has 3 nitrogen and oxygen atoms in total. The summed E-state index contributed by atoms with van der Waals surface area (Å²) in [4.78, 5) is 16.8. The number of carbonyl (C=O) groups excluding carboxylic acids is 1. The number of rotatable bonds is 5. The van der Waals surface area contributed by atoms with Gasteiger partial charge in [0.25, 0.3) is 0 Å². The molecule has 21 heavy (non-hydrogen) atoms. The predicted molar refractivity (Wildman–Crippen MR) is 90.9 cm³/mol. The van der Waals surface area contributed by atoms with Crippen LogP contribution in [0, 0.1) is 0 Å². The highest BCUT2D eigenvalue weighted by molar-refractivity contribution is 8.00. The molecule has 0 spiro atoms. The lowest BCUT2D eigenvalue weighted by molar-refractivity contribution is -0.130. The van der Waals surface area contributed by atoms with Crippen molar-refractivity contribution >= 4 is 29.0 Å². The summed E-state index contributed by atoms with van der Waals surface area (Å²) in [6, 6.07) is 2.19. The van der Waals surface area contributed by atoms with E-state index < -0.39 is 0 Å². The molecule has 2 aliphatic rings. The van der Waals surface area contributed by atoms with Crippen molar-refractivity contribution in [2.45, 2.75) is 37.5 Å². The summed E-state index contributed by atoms with van der Waals surface area (Å²) in [7, 11) is 0. The Hall–Kier alpha value is -0.520. The molecular formula is C16H24N2OS2. The van der Waals surface area contributed by atoms with Crippen LogP contribution >= 0.6 is 23.1 Å². The molecule has 5 heteroatoms. The van der Waals surface area contributed by atoms with E-state index in [9.17, 15) is 4.79 Å². The summed E-state index contributed by atoms with van der Waals surface area (Å²) >= 11 is 3.65. The van der Waals surface area contributed by atoms with E-state index in [1.54, 1.807) is 11.3 Å².